The Morgan fingerprint density at radius 2 is 1.81 bits per heavy atom. The number of alkyl halides is 3. The van der Waals surface area contributed by atoms with Crippen LogP contribution in [-0.4, -0.2) is 16.5 Å². The van der Waals surface area contributed by atoms with Crippen LogP contribution in [0.5, 0.6) is 0 Å². The number of nitrogens with one attached hydrogen (secondary N) is 1. The summed E-state index contributed by atoms with van der Waals surface area (Å²) in [4.78, 5) is 6.60. The molecule has 0 aliphatic rings. The minimum atomic E-state index is -4.60. The highest BCUT2D eigenvalue weighted by molar-refractivity contribution is 5.44. The van der Waals surface area contributed by atoms with Gasteiger partial charge >= 0.3 is 6.18 Å². The lowest BCUT2D eigenvalue weighted by molar-refractivity contribution is -0.144. The van der Waals surface area contributed by atoms with Gasteiger partial charge in [-0.25, -0.2) is 9.97 Å². The van der Waals surface area contributed by atoms with Gasteiger partial charge in [0.1, 0.15) is 11.6 Å². The Bertz CT molecular complexity index is 585. The van der Waals surface area contributed by atoms with Crippen LogP contribution in [0.2, 0.25) is 0 Å². The molecule has 0 atom stereocenters. The number of nitrogen functional groups attached to an aromatic ring is 1. The number of nitrogens with zero attached hydrogens (tertiary/aromatic N) is 2. The highest BCUT2D eigenvalue weighted by Gasteiger charge is 2.35. The zero-order chi connectivity index (χ0) is 15.3. The quantitative estimate of drug-likeness (QED) is 0.832. The van der Waals surface area contributed by atoms with E-state index in [2.05, 4.69) is 15.3 Å². The Labute approximate surface area is 120 Å². The van der Waals surface area contributed by atoms with Crippen molar-refractivity contribution in [1.29, 1.82) is 0 Å². The molecule has 2 rings (SSSR count). The number of hydrogen-bond acceptors (Lipinski definition) is 4. The van der Waals surface area contributed by atoms with E-state index in [4.69, 9.17) is 5.73 Å². The number of anilines is 2. The number of aromatic nitrogens is 2. The van der Waals surface area contributed by atoms with Crippen LogP contribution in [-0.2, 0) is 12.6 Å². The molecule has 0 spiro atoms. The summed E-state index contributed by atoms with van der Waals surface area (Å²) in [5, 5.41) is 2.84. The molecule has 2 aromatic rings. The molecular weight excluding hydrogens is 281 g/mol. The third-order valence-corrected chi connectivity index (χ3v) is 2.79. The van der Waals surface area contributed by atoms with Crippen molar-refractivity contribution < 1.29 is 13.2 Å². The molecule has 0 unspecified atom stereocenters. The topological polar surface area (TPSA) is 63.8 Å². The molecule has 0 saturated heterocycles. The maximum Gasteiger partial charge on any atom is 0.451 e. The lowest BCUT2D eigenvalue weighted by Crippen LogP contribution is -2.15. The molecule has 0 radical (unpaired) electrons. The Balaban J connectivity index is 1.90. The lowest BCUT2D eigenvalue weighted by Gasteiger charge is -2.10. The average Bonchev–Trinajstić information content (AvgIpc) is 2.43. The third kappa shape index (κ3) is 4.62. The van der Waals surface area contributed by atoms with Crippen LogP contribution in [0.4, 0.5) is 24.8 Å². The summed E-state index contributed by atoms with van der Waals surface area (Å²) in [6, 6.07) is 11.1. The fourth-order valence-electron chi connectivity index (χ4n) is 1.84. The summed E-state index contributed by atoms with van der Waals surface area (Å²) in [5.41, 5.74) is 6.54. The maximum absolute atomic E-state index is 12.5. The van der Waals surface area contributed by atoms with Gasteiger partial charge in [0.05, 0.1) is 0 Å². The second kappa shape index (κ2) is 6.43. The SMILES string of the molecule is Nc1cc(NCCCc2ccccc2)nc(C(F)(F)F)n1. The predicted molar refractivity (Wildman–Crippen MR) is 74.7 cm³/mol. The van der Waals surface area contributed by atoms with E-state index < -0.39 is 12.0 Å². The van der Waals surface area contributed by atoms with E-state index >= 15 is 0 Å². The van der Waals surface area contributed by atoms with Gasteiger partial charge in [-0.1, -0.05) is 30.3 Å². The van der Waals surface area contributed by atoms with E-state index in [1.807, 2.05) is 30.3 Å². The number of aryl methyl sites for hydroxylation is 1. The fraction of sp³-hybridized carbons (Fsp3) is 0.286. The van der Waals surface area contributed by atoms with Crippen molar-refractivity contribution >= 4 is 11.6 Å². The Kier molecular flexibility index (Phi) is 4.62. The van der Waals surface area contributed by atoms with E-state index in [1.54, 1.807) is 0 Å². The molecule has 0 saturated carbocycles. The summed E-state index contributed by atoms with van der Waals surface area (Å²) >= 11 is 0. The summed E-state index contributed by atoms with van der Waals surface area (Å²) < 4.78 is 37.6. The van der Waals surface area contributed by atoms with Crippen molar-refractivity contribution in [3.8, 4) is 0 Å². The van der Waals surface area contributed by atoms with Crippen LogP contribution in [0.3, 0.4) is 0 Å². The van der Waals surface area contributed by atoms with Crippen LogP contribution in [0.1, 0.15) is 17.8 Å². The summed E-state index contributed by atoms with van der Waals surface area (Å²) in [5.74, 6) is -1.35. The van der Waals surface area contributed by atoms with Gasteiger partial charge in [-0.05, 0) is 18.4 Å². The molecule has 0 amide bonds. The van der Waals surface area contributed by atoms with E-state index in [0.717, 1.165) is 12.8 Å². The molecule has 21 heavy (non-hydrogen) atoms. The molecule has 7 heteroatoms. The molecule has 3 N–H and O–H groups in total. The molecule has 0 aliphatic carbocycles. The van der Waals surface area contributed by atoms with Crippen LogP contribution in [0.25, 0.3) is 0 Å². The van der Waals surface area contributed by atoms with Crippen molar-refractivity contribution in [3.63, 3.8) is 0 Å². The first-order valence-corrected chi connectivity index (χ1v) is 6.45. The Morgan fingerprint density at radius 3 is 2.48 bits per heavy atom. The highest BCUT2D eigenvalue weighted by Crippen LogP contribution is 2.27. The number of benzene rings is 1. The van der Waals surface area contributed by atoms with E-state index in [9.17, 15) is 13.2 Å². The predicted octanol–water partition coefficient (Wildman–Crippen LogP) is 3.12. The van der Waals surface area contributed by atoms with E-state index in [0.29, 0.717) is 6.54 Å². The van der Waals surface area contributed by atoms with Crippen LogP contribution >= 0.6 is 0 Å². The van der Waals surface area contributed by atoms with Crippen molar-refractivity contribution in [1.82, 2.24) is 9.97 Å². The van der Waals surface area contributed by atoms with Gasteiger partial charge in [0, 0.05) is 12.6 Å². The van der Waals surface area contributed by atoms with Crippen molar-refractivity contribution in [2.45, 2.75) is 19.0 Å². The van der Waals surface area contributed by atoms with E-state index in [-0.39, 0.29) is 11.6 Å². The maximum atomic E-state index is 12.5. The van der Waals surface area contributed by atoms with Gasteiger partial charge in [0.25, 0.3) is 0 Å². The minimum Gasteiger partial charge on any atom is -0.384 e. The normalized spacial score (nSPS) is 11.4. The van der Waals surface area contributed by atoms with Crippen LogP contribution in [0.15, 0.2) is 36.4 Å². The highest BCUT2D eigenvalue weighted by atomic mass is 19.4. The number of halogens is 3. The zero-order valence-corrected chi connectivity index (χ0v) is 11.2. The second-order valence-corrected chi connectivity index (χ2v) is 4.52. The monoisotopic (exact) mass is 296 g/mol. The number of rotatable bonds is 5. The van der Waals surface area contributed by atoms with Gasteiger partial charge in [-0.3, -0.25) is 0 Å². The van der Waals surface area contributed by atoms with Gasteiger partial charge < -0.3 is 11.1 Å². The second-order valence-electron chi connectivity index (χ2n) is 4.52. The molecular formula is C14H15F3N4. The molecule has 0 bridgehead atoms. The molecule has 1 heterocycles. The molecule has 4 nitrogen and oxygen atoms in total. The summed E-state index contributed by atoms with van der Waals surface area (Å²) in [7, 11) is 0. The first kappa shape index (κ1) is 15.1. The average molecular weight is 296 g/mol. The third-order valence-electron chi connectivity index (χ3n) is 2.79. The van der Waals surface area contributed by atoms with Gasteiger partial charge in [-0.15, -0.1) is 0 Å². The zero-order valence-electron chi connectivity index (χ0n) is 11.2. The standard InChI is InChI=1S/C14H15F3N4/c15-14(16,17)13-20-11(18)9-12(21-13)19-8-4-7-10-5-2-1-3-6-10/h1-3,5-6,9H,4,7-8H2,(H3,18,19,20,21). The number of nitrogens with two attached hydrogens (primary N) is 1. The Hall–Kier alpha value is -2.31. The number of hydrogen-bond donors (Lipinski definition) is 2. The van der Waals surface area contributed by atoms with Gasteiger partial charge in [-0.2, -0.15) is 13.2 Å². The van der Waals surface area contributed by atoms with Crippen molar-refractivity contribution in [2.75, 3.05) is 17.6 Å². The largest absolute Gasteiger partial charge is 0.451 e. The van der Waals surface area contributed by atoms with Gasteiger partial charge in [0.15, 0.2) is 0 Å². The smallest absolute Gasteiger partial charge is 0.384 e. The first-order chi connectivity index (χ1) is 9.95. The fourth-order valence-corrected chi connectivity index (χ4v) is 1.84. The minimum absolute atomic E-state index is 0.0860. The van der Waals surface area contributed by atoms with Crippen molar-refractivity contribution in [2.24, 2.45) is 0 Å². The van der Waals surface area contributed by atoms with E-state index in [1.165, 1.54) is 11.6 Å². The Morgan fingerprint density at radius 1 is 1.10 bits per heavy atom. The first-order valence-electron chi connectivity index (χ1n) is 6.45. The van der Waals surface area contributed by atoms with Crippen LogP contribution in [0, 0.1) is 0 Å². The van der Waals surface area contributed by atoms with Crippen molar-refractivity contribution in [3.05, 3.63) is 47.8 Å². The summed E-state index contributed by atoms with van der Waals surface area (Å²) in [6.07, 6.45) is -2.99. The summed E-state index contributed by atoms with van der Waals surface area (Å²) in [6.45, 7) is 0.503. The molecule has 0 aliphatic heterocycles. The van der Waals surface area contributed by atoms with Crippen LogP contribution < -0.4 is 11.1 Å². The lowest BCUT2D eigenvalue weighted by atomic mass is 10.1. The molecule has 1 aromatic heterocycles. The molecule has 0 fully saturated rings. The van der Waals surface area contributed by atoms with Gasteiger partial charge in [0.2, 0.25) is 5.82 Å². The molecule has 1 aromatic carbocycles. The molecule has 112 valence electrons.